The second-order valence-corrected chi connectivity index (χ2v) is 9.04. The molecule has 5 heterocycles. The van der Waals surface area contributed by atoms with Gasteiger partial charge < -0.3 is 20.4 Å². The predicted octanol–water partition coefficient (Wildman–Crippen LogP) is 1.04. The zero-order valence-corrected chi connectivity index (χ0v) is 18.0. The summed E-state index contributed by atoms with van der Waals surface area (Å²) < 4.78 is 39.5. The molecule has 0 aromatic carbocycles. The Morgan fingerprint density at radius 2 is 1.45 bits per heavy atom. The van der Waals surface area contributed by atoms with Crippen molar-refractivity contribution in [3.8, 4) is 11.4 Å². The van der Waals surface area contributed by atoms with Crippen molar-refractivity contribution in [3.63, 3.8) is 0 Å². The Kier molecular flexibility index (Phi) is 4.93. The number of hydrogen-bond donors (Lipinski definition) is 0. The summed E-state index contributed by atoms with van der Waals surface area (Å²) in [5, 5.41) is 13.8. The molecule has 0 fully saturated rings. The molecule has 158 valence electrons. The Bertz CT molecular complexity index is 1010. The smallest absolute Gasteiger partial charge is 0.431 e. The molecule has 2 aromatic rings. The van der Waals surface area contributed by atoms with Crippen LogP contribution in [0.25, 0.3) is 11.4 Å². The van der Waals surface area contributed by atoms with E-state index in [2.05, 4.69) is 78.9 Å². The van der Waals surface area contributed by atoms with Crippen molar-refractivity contribution >= 4 is 8.29 Å². The average Bonchev–Trinajstić information content (AvgIpc) is 3.43. The van der Waals surface area contributed by atoms with Gasteiger partial charge in [-0.15, -0.1) is 11.4 Å². The minimum absolute atomic E-state index is 0.0517. The van der Waals surface area contributed by atoms with Gasteiger partial charge >= 0.3 is 97.3 Å². The predicted molar refractivity (Wildman–Crippen MR) is 96.2 cm³/mol. The molecule has 0 saturated heterocycles. The van der Waals surface area contributed by atoms with E-state index in [4.69, 9.17) is 0 Å². The number of aryl methyl sites for hydroxylation is 1. The summed E-state index contributed by atoms with van der Waals surface area (Å²) in [4.78, 5) is 9.15. The molecule has 8 nitrogen and oxygen atoms in total. The largest absolute Gasteiger partial charge is 0.576 e. The van der Waals surface area contributed by atoms with Gasteiger partial charge in [-0.25, -0.2) is 0 Å². The van der Waals surface area contributed by atoms with Crippen LogP contribution in [0.3, 0.4) is 0 Å². The van der Waals surface area contributed by atoms with Crippen molar-refractivity contribution in [3.05, 3.63) is 48.3 Å². The zero-order chi connectivity index (χ0) is 20.8. The van der Waals surface area contributed by atoms with Gasteiger partial charge in [0.2, 0.25) is 0 Å². The fourth-order valence-electron chi connectivity index (χ4n) is 2.70. The topological polar surface area (TPSA) is 66.9 Å². The van der Waals surface area contributed by atoms with Gasteiger partial charge in [0.25, 0.3) is 0 Å². The molecule has 29 heavy (non-hydrogen) atoms. The van der Waals surface area contributed by atoms with E-state index in [0.717, 1.165) is 12.7 Å². The summed E-state index contributed by atoms with van der Waals surface area (Å²) in [5.41, 5.74) is -0.00173. The molecule has 0 spiro atoms. The second-order valence-electron chi connectivity index (χ2n) is 6.44. The van der Waals surface area contributed by atoms with Crippen LogP contribution < -0.4 is 10.2 Å². The molecule has 2 aromatic heterocycles. The van der Waals surface area contributed by atoms with Crippen molar-refractivity contribution in [1.29, 1.82) is 0 Å². The first-order chi connectivity index (χ1) is 13.7. The molecule has 0 atom stereocenters. The van der Waals surface area contributed by atoms with Gasteiger partial charge in [0.05, 0.1) is 0 Å². The van der Waals surface area contributed by atoms with Crippen LogP contribution in [0.5, 0.6) is 0 Å². The molecule has 0 unspecified atom stereocenters. The monoisotopic (exact) mass is 585 g/mol. The maximum Gasteiger partial charge on any atom is 0.431 e. The maximum atomic E-state index is 12.2. The Balaban J connectivity index is 0.000000141. The first-order valence-corrected chi connectivity index (χ1v) is 10.7. The van der Waals surface area contributed by atoms with Crippen molar-refractivity contribution in [2.24, 2.45) is 0 Å². The minimum Gasteiger partial charge on any atom is -0.576 e. The molecule has 3 aliphatic heterocycles. The summed E-state index contributed by atoms with van der Waals surface area (Å²) in [6.07, 6.45) is 4.14. The van der Waals surface area contributed by atoms with Crippen molar-refractivity contribution in [2.75, 3.05) is 20.8 Å². The van der Waals surface area contributed by atoms with E-state index >= 15 is 0 Å². The molecule has 5 rings (SSSR count). The molecule has 12 heteroatoms. The summed E-state index contributed by atoms with van der Waals surface area (Å²) in [6, 6.07) is 2.40. The number of rotatable bonds is 1. The average molecular weight is 585 g/mol. The SMILES string of the molecule is CN1C=CN2CN3C=CN(C)[C]3=[Pt]=[C]12.Cc1cc(-c2cc(C(F)(F)F)n[n-]2)[n-]n1. The summed E-state index contributed by atoms with van der Waals surface area (Å²) >= 11 is -0.0517. The van der Waals surface area contributed by atoms with Crippen molar-refractivity contribution in [2.45, 2.75) is 13.1 Å². The van der Waals surface area contributed by atoms with Crippen molar-refractivity contribution in [1.82, 2.24) is 40.0 Å². The first kappa shape index (κ1) is 19.6. The number of halogens is 3. The maximum absolute atomic E-state index is 12.2. The molecule has 0 radical (unpaired) electrons. The van der Waals surface area contributed by atoms with Crippen LogP contribution in [0, 0.1) is 6.92 Å². The van der Waals surface area contributed by atoms with Gasteiger partial charge in [0, 0.05) is 5.69 Å². The van der Waals surface area contributed by atoms with E-state index in [1.165, 1.54) is 8.29 Å². The van der Waals surface area contributed by atoms with E-state index in [9.17, 15) is 13.2 Å². The van der Waals surface area contributed by atoms with Gasteiger partial charge in [-0.1, -0.05) is 6.07 Å². The Labute approximate surface area is 172 Å². The summed E-state index contributed by atoms with van der Waals surface area (Å²) in [7, 11) is 4.26. The standard InChI is InChI=1S/C9H12N4.C8H5F3N4.Pt/c1-10-3-5-12(7-10)9-13-6-4-11(2)8-13;1-4-2-5(13-12-4)6-3-7(15-14-6)8(9,10)11;/h3-6H,9H2,1-2H3;2-3H,1H3;/q;-2;. The van der Waals surface area contributed by atoms with Crippen LogP contribution in [0.15, 0.2) is 36.9 Å². The molecular weight excluding hydrogens is 568 g/mol. The minimum atomic E-state index is -4.47. The van der Waals surface area contributed by atoms with Crippen LogP contribution in [0.1, 0.15) is 11.4 Å². The normalized spacial score (nSPS) is 18.0. The zero-order valence-electron chi connectivity index (χ0n) is 15.7. The molecular formula is C17H17F3N8Pt-2. The van der Waals surface area contributed by atoms with Crippen LogP contribution >= 0.6 is 0 Å². The number of nitrogens with zero attached hydrogens (tertiary/aromatic N) is 8. The molecule has 0 saturated carbocycles. The number of fused-ring (bicyclic) bond motifs is 2. The molecule has 0 N–H and O–H groups in total. The van der Waals surface area contributed by atoms with E-state index in [1.807, 2.05) is 0 Å². The molecule has 0 bridgehead atoms. The van der Waals surface area contributed by atoms with Gasteiger partial charge in [0.15, 0.2) is 0 Å². The van der Waals surface area contributed by atoms with Gasteiger partial charge in [-0.05, 0) is 13.0 Å². The van der Waals surface area contributed by atoms with Crippen LogP contribution in [-0.4, -0.2) is 58.9 Å². The fraction of sp³-hybridized carbons (Fsp3) is 0.294. The molecule has 0 aliphatic carbocycles. The Morgan fingerprint density at radius 3 is 1.93 bits per heavy atom. The third-order valence-electron chi connectivity index (χ3n) is 4.12. The van der Waals surface area contributed by atoms with Crippen molar-refractivity contribution < 1.29 is 30.8 Å². The Morgan fingerprint density at radius 1 is 0.897 bits per heavy atom. The second kappa shape index (κ2) is 7.29. The third-order valence-corrected chi connectivity index (χ3v) is 8.04. The van der Waals surface area contributed by atoms with E-state index in [0.29, 0.717) is 11.4 Å². The van der Waals surface area contributed by atoms with Gasteiger partial charge in [-0.2, -0.15) is 13.2 Å². The fourth-order valence-corrected chi connectivity index (χ4v) is 5.61. The van der Waals surface area contributed by atoms with Crippen LogP contribution in [0.4, 0.5) is 13.2 Å². The van der Waals surface area contributed by atoms with Crippen LogP contribution in [-0.2, 0) is 23.8 Å². The molecule has 0 amide bonds. The van der Waals surface area contributed by atoms with Gasteiger partial charge in [0.1, 0.15) is 5.69 Å². The van der Waals surface area contributed by atoms with Gasteiger partial charge in [-0.3, -0.25) is 0 Å². The summed E-state index contributed by atoms with van der Waals surface area (Å²) in [5.74, 6) is 0. The van der Waals surface area contributed by atoms with Crippen LogP contribution in [0.2, 0.25) is 0 Å². The third kappa shape index (κ3) is 3.91. The number of aromatic nitrogens is 4. The Hall–Kier alpha value is -2.68. The van der Waals surface area contributed by atoms with E-state index < -0.39 is 11.9 Å². The van der Waals surface area contributed by atoms with E-state index in [-0.39, 0.29) is 23.3 Å². The number of alkyl halides is 3. The first-order valence-electron chi connectivity index (χ1n) is 8.45. The quantitative estimate of drug-likeness (QED) is 0.493. The molecule has 3 aliphatic rings. The van der Waals surface area contributed by atoms with E-state index in [1.54, 1.807) is 13.0 Å². The summed E-state index contributed by atoms with van der Waals surface area (Å²) in [6.45, 7) is 2.66. The number of hydrogen-bond acceptors (Lipinski definition) is 6.